The van der Waals surface area contributed by atoms with Gasteiger partial charge in [0, 0.05) is 61.8 Å². The fourth-order valence-corrected chi connectivity index (χ4v) is 4.96. The van der Waals surface area contributed by atoms with Crippen LogP contribution in [-0.4, -0.2) is 52.2 Å². The third kappa shape index (κ3) is 5.65. The summed E-state index contributed by atoms with van der Waals surface area (Å²) in [6.45, 7) is 9.03. The Kier molecular flexibility index (Phi) is 7.35. The molecule has 4 rings (SSSR count). The van der Waals surface area contributed by atoms with Crippen molar-refractivity contribution in [2.24, 2.45) is 5.92 Å². The average Bonchev–Trinajstić information content (AvgIpc) is 3.61. The van der Waals surface area contributed by atoms with Gasteiger partial charge in [0.25, 0.3) is 0 Å². The number of pyridine rings is 1. The number of halogens is 1. The SMILES string of the molecule is Cc1ncc(C(=O)Cc2cc(Cl)cc(CN3CCN(C(=O)CC4CC4)[C@@H](C)C3)c2C)cc1C#N. The Morgan fingerprint density at radius 2 is 1.91 bits per heavy atom. The van der Waals surface area contributed by atoms with Crippen molar-refractivity contribution in [2.45, 2.75) is 59.0 Å². The van der Waals surface area contributed by atoms with Crippen molar-refractivity contribution < 1.29 is 9.59 Å². The van der Waals surface area contributed by atoms with E-state index in [0.717, 1.165) is 42.9 Å². The molecule has 34 heavy (non-hydrogen) atoms. The monoisotopic (exact) mass is 478 g/mol. The van der Waals surface area contributed by atoms with Crippen LogP contribution in [0.4, 0.5) is 0 Å². The molecule has 1 atom stereocenters. The number of ketones is 1. The van der Waals surface area contributed by atoms with E-state index in [4.69, 9.17) is 11.6 Å². The van der Waals surface area contributed by atoms with Gasteiger partial charge in [-0.1, -0.05) is 11.6 Å². The Morgan fingerprint density at radius 1 is 1.18 bits per heavy atom. The van der Waals surface area contributed by atoms with E-state index in [0.29, 0.717) is 40.1 Å². The van der Waals surface area contributed by atoms with Crippen LogP contribution in [0.5, 0.6) is 0 Å². The molecule has 1 aliphatic heterocycles. The van der Waals surface area contributed by atoms with Crippen molar-refractivity contribution in [1.82, 2.24) is 14.8 Å². The smallest absolute Gasteiger partial charge is 0.223 e. The zero-order valence-corrected chi connectivity index (χ0v) is 20.9. The number of hydrogen-bond acceptors (Lipinski definition) is 5. The molecular weight excluding hydrogens is 448 g/mol. The molecule has 2 fully saturated rings. The summed E-state index contributed by atoms with van der Waals surface area (Å²) in [6, 6.07) is 7.70. The molecule has 0 bridgehead atoms. The van der Waals surface area contributed by atoms with E-state index in [9.17, 15) is 14.9 Å². The molecule has 0 N–H and O–H groups in total. The summed E-state index contributed by atoms with van der Waals surface area (Å²) < 4.78 is 0. The van der Waals surface area contributed by atoms with Crippen molar-refractivity contribution in [3.05, 3.63) is 62.9 Å². The second-order valence-electron chi connectivity index (χ2n) is 9.74. The number of piperazine rings is 1. The summed E-state index contributed by atoms with van der Waals surface area (Å²) in [4.78, 5) is 34.1. The van der Waals surface area contributed by atoms with Crippen LogP contribution in [0.2, 0.25) is 5.02 Å². The zero-order valence-electron chi connectivity index (χ0n) is 20.1. The van der Waals surface area contributed by atoms with Crippen LogP contribution in [0.1, 0.15) is 64.5 Å². The highest BCUT2D eigenvalue weighted by atomic mass is 35.5. The van der Waals surface area contributed by atoms with Gasteiger partial charge in [-0.05, 0) is 74.4 Å². The van der Waals surface area contributed by atoms with E-state index in [1.165, 1.54) is 19.0 Å². The zero-order chi connectivity index (χ0) is 24.4. The second-order valence-corrected chi connectivity index (χ2v) is 10.2. The maximum absolute atomic E-state index is 12.9. The van der Waals surface area contributed by atoms with E-state index in [-0.39, 0.29) is 18.2 Å². The molecule has 0 radical (unpaired) electrons. The molecule has 0 unspecified atom stereocenters. The summed E-state index contributed by atoms with van der Waals surface area (Å²) in [6.07, 6.45) is 4.82. The van der Waals surface area contributed by atoms with Crippen molar-refractivity contribution in [1.29, 1.82) is 5.26 Å². The van der Waals surface area contributed by atoms with Crippen LogP contribution in [0.15, 0.2) is 24.4 Å². The molecule has 1 aromatic carbocycles. The molecule has 7 heteroatoms. The summed E-state index contributed by atoms with van der Waals surface area (Å²) >= 11 is 6.45. The van der Waals surface area contributed by atoms with Crippen LogP contribution in [0.25, 0.3) is 0 Å². The summed E-state index contributed by atoms with van der Waals surface area (Å²) in [5, 5.41) is 9.85. The molecule has 6 nitrogen and oxygen atoms in total. The number of Topliss-reactive ketones (excluding diaryl/α,β-unsaturated/α-hetero) is 1. The first kappa shape index (κ1) is 24.4. The quantitative estimate of drug-likeness (QED) is 0.548. The number of aryl methyl sites for hydroxylation is 1. The first-order valence-electron chi connectivity index (χ1n) is 11.9. The number of benzene rings is 1. The number of carbonyl (C=O) groups excluding carboxylic acids is 2. The lowest BCUT2D eigenvalue weighted by Crippen LogP contribution is -2.53. The number of aromatic nitrogens is 1. The molecule has 1 aromatic heterocycles. The van der Waals surface area contributed by atoms with Gasteiger partial charge in [-0.3, -0.25) is 19.5 Å². The molecule has 2 heterocycles. The lowest BCUT2D eigenvalue weighted by molar-refractivity contribution is -0.136. The van der Waals surface area contributed by atoms with Gasteiger partial charge < -0.3 is 4.90 Å². The number of hydrogen-bond donors (Lipinski definition) is 0. The minimum absolute atomic E-state index is 0.0864. The number of nitriles is 1. The third-order valence-corrected chi connectivity index (χ3v) is 7.27. The number of amides is 1. The fourth-order valence-electron chi connectivity index (χ4n) is 4.69. The molecule has 0 spiro atoms. The van der Waals surface area contributed by atoms with Gasteiger partial charge in [-0.15, -0.1) is 0 Å². The summed E-state index contributed by atoms with van der Waals surface area (Å²) in [7, 11) is 0. The average molecular weight is 479 g/mol. The molecule has 2 aliphatic rings. The second kappa shape index (κ2) is 10.2. The highest BCUT2D eigenvalue weighted by Gasteiger charge is 2.32. The normalized spacial score (nSPS) is 18.6. The lowest BCUT2D eigenvalue weighted by atomic mass is 9.95. The predicted octanol–water partition coefficient (Wildman–Crippen LogP) is 4.48. The predicted molar refractivity (Wildman–Crippen MR) is 132 cm³/mol. The molecular formula is C27H31ClN4O2. The van der Waals surface area contributed by atoms with Gasteiger partial charge in [0.1, 0.15) is 6.07 Å². The largest absolute Gasteiger partial charge is 0.337 e. The first-order chi connectivity index (χ1) is 16.2. The minimum Gasteiger partial charge on any atom is -0.337 e. The standard InChI is InChI=1S/C27H31ClN4O2/c1-17-15-31(6-7-32(17)27(34)8-20-4-5-20)16-24-11-25(28)10-21(18(24)2)12-26(33)23-9-22(13-29)19(3)30-14-23/h9-11,14,17,20H,4-8,12,15-16H2,1-3H3/t17-/m0/s1. The van der Waals surface area contributed by atoms with E-state index in [1.807, 2.05) is 24.0 Å². The van der Waals surface area contributed by atoms with Crippen LogP contribution >= 0.6 is 11.6 Å². The Balaban J connectivity index is 1.44. The van der Waals surface area contributed by atoms with E-state index < -0.39 is 0 Å². The fraction of sp³-hybridized carbons (Fsp3) is 0.481. The molecule has 2 aromatic rings. The van der Waals surface area contributed by atoms with Gasteiger partial charge >= 0.3 is 0 Å². The van der Waals surface area contributed by atoms with Gasteiger partial charge in [0.2, 0.25) is 5.91 Å². The Hall–Kier alpha value is -2.75. The Labute approximate surface area is 206 Å². The molecule has 1 amide bonds. The van der Waals surface area contributed by atoms with Crippen molar-refractivity contribution in [2.75, 3.05) is 19.6 Å². The third-order valence-electron chi connectivity index (χ3n) is 7.05. The highest BCUT2D eigenvalue weighted by molar-refractivity contribution is 6.30. The van der Waals surface area contributed by atoms with Gasteiger partial charge in [-0.25, -0.2) is 0 Å². The van der Waals surface area contributed by atoms with E-state index in [2.05, 4.69) is 22.9 Å². The summed E-state index contributed by atoms with van der Waals surface area (Å²) in [5.74, 6) is 0.811. The molecule has 1 saturated carbocycles. The maximum atomic E-state index is 12.9. The Morgan fingerprint density at radius 3 is 2.59 bits per heavy atom. The van der Waals surface area contributed by atoms with E-state index in [1.54, 1.807) is 13.0 Å². The molecule has 1 aliphatic carbocycles. The molecule has 1 saturated heterocycles. The summed E-state index contributed by atoms with van der Waals surface area (Å²) in [5.41, 5.74) is 4.50. The highest BCUT2D eigenvalue weighted by Crippen LogP contribution is 2.33. The van der Waals surface area contributed by atoms with Gasteiger partial charge in [-0.2, -0.15) is 5.26 Å². The van der Waals surface area contributed by atoms with Gasteiger partial charge in [0.05, 0.1) is 11.3 Å². The number of carbonyl (C=O) groups is 2. The van der Waals surface area contributed by atoms with Crippen LogP contribution < -0.4 is 0 Å². The number of nitrogens with zero attached hydrogens (tertiary/aromatic N) is 4. The van der Waals surface area contributed by atoms with Crippen LogP contribution in [-0.2, 0) is 17.8 Å². The first-order valence-corrected chi connectivity index (χ1v) is 12.3. The van der Waals surface area contributed by atoms with Crippen molar-refractivity contribution in [3.63, 3.8) is 0 Å². The van der Waals surface area contributed by atoms with Crippen molar-refractivity contribution in [3.8, 4) is 6.07 Å². The molecule has 178 valence electrons. The number of rotatable bonds is 7. The van der Waals surface area contributed by atoms with Crippen LogP contribution in [0.3, 0.4) is 0 Å². The minimum atomic E-state index is -0.0864. The van der Waals surface area contributed by atoms with Crippen molar-refractivity contribution >= 4 is 23.3 Å². The topological polar surface area (TPSA) is 77.3 Å². The van der Waals surface area contributed by atoms with E-state index >= 15 is 0 Å². The Bertz CT molecular complexity index is 1150. The lowest BCUT2D eigenvalue weighted by Gasteiger charge is -2.40. The van der Waals surface area contributed by atoms with Crippen LogP contribution in [0, 0.1) is 31.1 Å². The van der Waals surface area contributed by atoms with Gasteiger partial charge in [0.15, 0.2) is 5.78 Å². The maximum Gasteiger partial charge on any atom is 0.223 e.